The smallest absolute Gasteiger partial charge is 0.241 e. The van der Waals surface area contributed by atoms with Crippen molar-refractivity contribution < 1.29 is 4.79 Å². The van der Waals surface area contributed by atoms with Gasteiger partial charge >= 0.3 is 0 Å². The zero-order valence-electron chi connectivity index (χ0n) is 15.0. The van der Waals surface area contributed by atoms with Crippen LogP contribution in [-0.4, -0.2) is 64.3 Å². The van der Waals surface area contributed by atoms with Gasteiger partial charge < -0.3 is 9.80 Å². The van der Waals surface area contributed by atoms with Crippen LogP contribution in [-0.2, 0) is 11.8 Å². The molecule has 4 rings (SSSR count). The fraction of sp³-hybridized carbons (Fsp3) is 0.500. The molecule has 2 aromatic heterocycles. The number of anilines is 2. The number of hydrogen-bond donors (Lipinski definition) is 0. The Morgan fingerprint density at radius 2 is 2.04 bits per heavy atom. The molecule has 0 aromatic carbocycles. The fourth-order valence-electron chi connectivity index (χ4n) is 3.94. The van der Waals surface area contributed by atoms with E-state index in [-0.39, 0.29) is 11.4 Å². The van der Waals surface area contributed by atoms with Gasteiger partial charge in [-0.1, -0.05) is 6.07 Å². The molecule has 2 saturated heterocycles. The zero-order chi connectivity index (χ0) is 17.6. The number of hydrogen-bond acceptors (Lipinski definition) is 5. The number of piperazine rings is 1. The Labute approximate surface area is 147 Å². The van der Waals surface area contributed by atoms with E-state index >= 15 is 0 Å². The Balaban J connectivity index is 1.59. The molecule has 2 aromatic rings. The highest BCUT2D eigenvalue weighted by atomic mass is 16.2. The van der Waals surface area contributed by atoms with Gasteiger partial charge in [-0.2, -0.15) is 5.10 Å². The number of nitrogens with zero attached hydrogens (tertiary/aromatic N) is 6. The van der Waals surface area contributed by atoms with Crippen LogP contribution in [0, 0.1) is 6.92 Å². The number of rotatable bonds is 2. The lowest BCUT2D eigenvalue weighted by atomic mass is 9.93. The van der Waals surface area contributed by atoms with Crippen molar-refractivity contribution in [1.82, 2.24) is 19.7 Å². The summed E-state index contributed by atoms with van der Waals surface area (Å²) in [5.74, 6) is 1.16. The predicted molar refractivity (Wildman–Crippen MR) is 96.7 cm³/mol. The Bertz CT molecular complexity index is 802. The molecule has 2 aliphatic rings. The van der Waals surface area contributed by atoms with E-state index in [1.165, 1.54) is 0 Å². The summed E-state index contributed by atoms with van der Waals surface area (Å²) in [5.41, 5.74) is 1.87. The second-order valence-corrected chi connectivity index (χ2v) is 7.24. The average molecular weight is 340 g/mol. The van der Waals surface area contributed by atoms with E-state index in [4.69, 9.17) is 0 Å². The van der Waals surface area contributed by atoms with Gasteiger partial charge in [0.15, 0.2) is 0 Å². The first kappa shape index (κ1) is 16.1. The second-order valence-electron chi connectivity index (χ2n) is 7.24. The van der Waals surface area contributed by atoms with Crippen LogP contribution in [0.3, 0.4) is 0 Å². The normalized spacial score (nSPS) is 24.5. The summed E-state index contributed by atoms with van der Waals surface area (Å²) in [6.45, 7) is 4.98. The summed E-state index contributed by atoms with van der Waals surface area (Å²) in [4.78, 5) is 23.7. The lowest BCUT2D eigenvalue weighted by Crippen LogP contribution is -2.64. The van der Waals surface area contributed by atoms with Crippen LogP contribution >= 0.6 is 0 Å². The molecular weight excluding hydrogens is 316 g/mol. The maximum Gasteiger partial charge on any atom is 0.241 e. The summed E-state index contributed by atoms with van der Waals surface area (Å²) in [6, 6.07) is 6.14. The summed E-state index contributed by atoms with van der Waals surface area (Å²) in [7, 11) is 3.94. The van der Waals surface area contributed by atoms with E-state index in [2.05, 4.69) is 39.1 Å². The van der Waals surface area contributed by atoms with Crippen molar-refractivity contribution in [3.63, 3.8) is 0 Å². The highest BCUT2D eigenvalue weighted by molar-refractivity contribution is 5.95. The standard InChI is InChI=1S/C18H24N6O/c1-14-5-4-6-16(20-14)23-8-7-18(12-23)13-24(17(25)11-21(18)2)15-9-19-22(3)10-15/h4-6,9-10H,7-8,11-13H2,1-3H3/t18-/m1/s1. The molecule has 0 bridgehead atoms. The number of aryl methyl sites for hydroxylation is 2. The largest absolute Gasteiger partial charge is 0.355 e. The minimum Gasteiger partial charge on any atom is -0.355 e. The highest BCUT2D eigenvalue weighted by Crippen LogP contribution is 2.34. The minimum atomic E-state index is -0.0465. The van der Waals surface area contributed by atoms with Gasteiger partial charge in [-0.15, -0.1) is 0 Å². The second kappa shape index (κ2) is 5.84. The molecule has 7 nitrogen and oxygen atoms in total. The Morgan fingerprint density at radius 1 is 1.20 bits per heavy atom. The van der Waals surface area contributed by atoms with Crippen molar-refractivity contribution in [1.29, 1.82) is 0 Å². The van der Waals surface area contributed by atoms with Gasteiger partial charge in [0.2, 0.25) is 5.91 Å². The number of carbonyl (C=O) groups is 1. The molecule has 0 saturated carbocycles. The molecule has 4 heterocycles. The summed E-state index contributed by atoms with van der Waals surface area (Å²) < 4.78 is 1.74. The molecule has 1 spiro atoms. The first-order valence-corrected chi connectivity index (χ1v) is 8.66. The van der Waals surface area contributed by atoms with Crippen LogP contribution in [0.5, 0.6) is 0 Å². The SMILES string of the molecule is Cc1cccc(N2CC[C@@]3(C2)CN(c2cnn(C)c2)C(=O)CN3C)n1. The zero-order valence-corrected chi connectivity index (χ0v) is 15.0. The number of aromatic nitrogens is 3. The van der Waals surface area contributed by atoms with Crippen LogP contribution in [0.25, 0.3) is 0 Å². The third-order valence-electron chi connectivity index (χ3n) is 5.47. The van der Waals surface area contributed by atoms with E-state index in [1.54, 1.807) is 10.9 Å². The number of carbonyl (C=O) groups excluding carboxylic acids is 1. The molecule has 0 N–H and O–H groups in total. The lowest BCUT2D eigenvalue weighted by molar-refractivity contribution is -0.123. The molecule has 2 fully saturated rings. The molecule has 1 amide bonds. The molecule has 0 radical (unpaired) electrons. The maximum atomic E-state index is 12.6. The molecule has 2 aliphatic heterocycles. The fourth-order valence-corrected chi connectivity index (χ4v) is 3.94. The van der Waals surface area contributed by atoms with E-state index in [9.17, 15) is 4.79 Å². The number of amides is 1. The summed E-state index contributed by atoms with van der Waals surface area (Å²) in [5, 5.41) is 4.22. The van der Waals surface area contributed by atoms with Gasteiger partial charge in [-0.25, -0.2) is 4.98 Å². The van der Waals surface area contributed by atoms with E-state index in [0.717, 1.165) is 36.7 Å². The van der Waals surface area contributed by atoms with Crippen LogP contribution in [0.2, 0.25) is 0 Å². The van der Waals surface area contributed by atoms with Gasteiger partial charge in [0.1, 0.15) is 5.82 Å². The Morgan fingerprint density at radius 3 is 2.76 bits per heavy atom. The van der Waals surface area contributed by atoms with E-state index in [0.29, 0.717) is 13.1 Å². The third-order valence-corrected chi connectivity index (χ3v) is 5.47. The summed E-state index contributed by atoms with van der Waals surface area (Å²) in [6.07, 6.45) is 4.70. The molecule has 0 unspecified atom stereocenters. The predicted octanol–water partition coefficient (Wildman–Crippen LogP) is 1.05. The lowest BCUT2D eigenvalue weighted by Gasteiger charge is -2.46. The van der Waals surface area contributed by atoms with Crippen molar-refractivity contribution in [3.05, 3.63) is 36.3 Å². The molecule has 1 atom stereocenters. The molecule has 0 aliphatic carbocycles. The van der Waals surface area contributed by atoms with Crippen LogP contribution in [0.15, 0.2) is 30.6 Å². The van der Waals surface area contributed by atoms with Gasteiger partial charge in [-0.05, 0) is 32.5 Å². The minimum absolute atomic E-state index is 0.0465. The Hall–Kier alpha value is -2.41. The van der Waals surface area contributed by atoms with Crippen molar-refractivity contribution >= 4 is 17.4 Å². The van der Waals surface area contributed by atoms with Crippen molar-refractivity contribution in [3.8, 4) is 0 Å². The topological polar surface area (TPSA) is 57.5 Å². The van der Waals surface area contributed by atoms with Crippen molar-refractivity contribution in [2.24, 2.45) is 7.05 Å². The quantitative estimate of drug-likeness (QED) is 0.818. The van der Waals surface area contributed by atoms with E-state index < -0.39 is 0 Å². The summed E-state index contributed by atoms with van der Waals surface area (Å²) >= 11 is 0. The van der Waals surface area contributed by atoms with Gasteiger partial charge in [-0.3, -0.25) is 14.4 Å². The first-order chi connectivity index (χ1) is 12.0. The number of likely N-dealkylation sites (N-methyl/N-ethyl adjacent to an activating group) is 1. The van der Waals surface area contributed by atoms with Crippen LogP contribution in [0.1, 0.15) is 12.1 Å². The highest BCUT2D eigenvalue weighted by Gasteiger charge is 2.48. The average Bonchev–Trinajstić information content (AvgIpc) is 3.19. The van der Waals surface area contributed by atoms with Crippen LogP contribution < -0.4 is 9.80 Å². The third kappa shape index (κ3) is 2.78. The van der Waals surface area contributed by atoms with Crippen molar-refractivity contribution in [2.75, 3.05) is 43.0 Å². The van der Waals surface area contributed by atoms with E-state index in [1.807, 2.05) is 31.1 Å². The molecule has 7 heteroatoms. The molecule has 25 heavy (non-hydrogen) atoms. The monoisotopic (exact) mass is 340 g/mol. The first-order valence-electron chi connectivity index (χ1n) is 8.66. The van der Waals surface area contributed by atoms with Gasteiger partial charge in [0, 0.05) is 38.6 Å². The van der Waals surface area contributed by atoms with Crippen molar-refractivity contribution in [2.45, 2.75) is 18.9 Å². The molecular formula is C18H24N6O. The maximum absolute atomic E-state index is 12.6. The molecule has 132 valence electrons. The number of pyridine rings is 1. The Kier molecular flexibility index (Phi) is 3.76. The van der Waals surface area contributed by atoms with Gasteiger partial charge in [0.05, 0.1) is 24.0 Å². The van der Waals surface area contributed by atoms with Gasteiger partial charge in [0.25, 0.3) is 0 Å². The van der Waals surface area contributed by atoms with Crippen LogP contribution in [0.4, 0.5) is 11.5 Å².